The molecule has 5 heteroatoms. The van der Waals surface area contributed by atoms with Gasteiger partial charge in [0.15, 0.2) is 0 Å². The van der Waals surface area contributed by atoms with Gasteiger partial charge in [-0.15, -0.1) is 0 Å². The molecule has 0 aromatic heterocycles. The number of rotatable bonds is 9. The summed E-state index contributed by atoms with van der Waals surface area (Å²) in [6.07, 6.45) is 2.47. The van der Waals surface area contributed by atoms with E-state index in [1.54, 1.807) is 4.31 Å². The summed E-state index contributed by atoms with van der Waals surface area (Å²) in [7, 11) is -3.11. The van der Waals surface area contributed by atoms with Gasteiger partial charge in [-0.25, -0.2) is 12.7 Å². The molecule has 0 atom stereocenters. The Morgan fingerprint density at radius 3 is 2.18 bits per heavy atom. The molecule has 0 spiro atoms. The molecule has 104 valence electrons. The molecular formula is C12H28N2O2S. The van der Waals surface area contributed by atoms with E-state index in [-0.39, 0.29) is 11.2 Å². The lowest BCUT2D eigenvalue weighted by Crippen LogP contribution is -2.43. The Morgan fingerprint density at radius 1 is 1.18 bits per heavy atom. The molecule has 0 aliphatic heterocycles. The van der Waals surface area contributed by atoms with Crippen molar-refractivity contribution in [2.45, 2.75) is 47.0 Å². The Labute approximate surface area is 107 Å². The first-order valence-corrected chi connectivity index (χ1v) is 8.08. The van der Waals surface area contributed by atoms with Gasteiger partial charge in [-0.05, 0) is 24.8 Å². The quantitative estimate of drug-likeness (QED) is 0.691. The van der Waals surface area contributed by atoms with Gasteiger partial charge >= 0.3 is 0 Å². The second-order valence-corrected chi connectivity index (χ2v) is 7.46. The largest absolute Gasteiger partial charge is 0.330 e. The summed E-state index contributed by atoms with van der Waals surface area (Å²) in [5.41, 5.74) is 5.51. The third-order valence-corrected chi connectivity index (χ3v) is 4.68. The molecule has 0 unspecified atom stereocenters. The maximum atomic E-state index is 12.2. The topological polar surface area (TPSA) is 63.4 Å². The van der Waals surface area contributed by atoms with Crippen LogP contribution in [-0.4, -0.2) is 38.1 Å². The first-order valence-electron chi connectivity index (χ1n) is 6.47. The first kappa shape index (κ1) is 16.9. The van der Waals surface area contributed by atoms with Gasteiger partial charge in [-0.1, -0.05) is 34.1 Å². The Bertz CT molecular complexity index is 300. The molecule has 0 rings (SSSR count). The van der Waals surface area contributed by atoms with E-state index in [1.165, 1.54) is 0 Å². The lowest BCUT2D eigenvalue weighted by Gasteiger charge is -2.31. The predicted molar refractivity (Wildman–Crippen MR) is 73.4 cm³/mol. The van der Waals surface area contributed by atoms with Gasteiger partial charge in [0.05, 0.1) is 5.75 Å². The molecule has 0 heterocycles. The van der Waals surface area contributed by atoms with Gasteiger partial charge in [0.25, 0.3) is 0 Å². The smallest absolute Gasteiger partial charge is 0.214 e. The molecule has 0 saturated heterocycles. The number of hydrogen-bond donors (Lipinski definition) is 1. The summed E-state index contributed by atoms with van der Waals surface area (Å²) in [6.45, 7) is 9.62. The molecule has 0 aromatic carbocycles. The van der Waals surface area contributed by atoms with Crippen molar-refractivity contribution >= 4 is 10.0 Å². The third-order valence-electron chi connectivity index (χ3n) is 2.78. The van der Waals surface area contributed by atoms with Crippen LogP contribution in [0.15, 0.2) is 0 Å². The summed E-state index contributed by atoms with van der Waals surface area (Å²) in [4.78, 5) is 0. The zero-order valence-corrected chi connectivity index (χ0v) is 12.5. The molecule has 0 bridgehead atoms. The van der Waals surface area contributed by atoms with Crippen LogP contribution in [0.2, 0.25) is 0 Å². The monoisotopic (exact) mass is 264 g/mol. The summed E-state index contributed by atoms with van der Waals surface area (Å²) in [5, 5.41) is 0. The fraction of sp³-hybridized carbons (Fsp3) is 1.00. The van der Waals surface area contributed by atoms with Crippen molar-refractivity contribution in [3.63, 3.8) is 0 Å². The first-order chi connectivity index (χ1) is 7.79. The molecule has 0 aliphatic rings. The number of hydrogen-bond acceptors (Lipinski definition) is 3. The number of nitrogens with two attached hydrogens (primary N) is 1. The van der Waals surface area contributed by atoms with Crippen molar-refractivity contribution in [3.8, 4) is 0 Å². The van der Waals surface area contributed by atoms with Crippen molar-refractivity contribution in [2.24, 2.45) is 11.1 Å². The van der Waals surface area contributed by atoms with Crippen LogP contribution in [0.4, 0.5) is 0 Å². The molecule has 0 saturated carbocycles. The Balaban J connectivity index is 4.72. The normalized spacial score (nSPS) is 13.3. The van der Waals surface area contributed by atoms with E-state index in [9.17, 15) is 8.42 Å². The Kier molecular flexibility index (Phi) is 7.28. The predicted octanol–water partition coefficient (Wildman–Crippen LogP) is 1.81. The minimum Gasteiger partial charge on any atom is -0.330 e. The molecule has 0 amide bonds. The zero-order chi connectivity index (χ0) is 13.5. The molecular weight excluding hydrogens is 236 g/mol. The number of nitrogens with zero attached hydrogens (tertiary/aromatic N) is 1. The van der Waals surface area contributed by atoms with Crippen LogP contribution < -0.4 is 5.73 Å². The molecule has 4 nitrogen and oxygen atoms in total. The highest BCUT2D eigenvalue weighted by Gasteiger charge is 2.27. The zero-order valence-electron chi connectivity index (χ0n) is 11.7. The highest BCUT2D eigenvalue weighted by Crippen LogP contribution is 2.18. The van der Waals surface area contributed by atoms with Crippen molar-refractivity contribution in [1.82, 2.24) is 4.31 Å². The molecule has 2 N–H and O–H groups in total. The van der Waals surface area contributed by atoms with E-state index in [0.29, 0.717) is 19.6 Å². The van der Waals surface area contributed by atoms with E-state index < -0.39 is 10.0 Å². The van der Waals surface area contributed by atoms with Gasteiger partial charge in [-0.2, -0.15) is 0 Å². The van der Waals surface area contributed by atoms with E-state index >= 15 is 0 Å². The molecule has 0 radical (unpaired) electrons. The summed E-state index contributed by atoms with van der Waals surface area (Å²) >= 11 is 0. The van der Waals surface area contributed by atoms with E-state index in [1.807, 2.05) is 27.7 Å². The van der Waals surface area contributed by atoms with Gasteiger partial charge in [0.1, 0.15) is 0 Å². The fourth-order valence-electron chi connectivity index (χ4n) is 1.56. The van der Waals surface area contributed by atoms with Gasteiger partial charge in [-0.3, -0.25) is 0 Å². The molecule has 17 heavy (non-hydrogen) atoms. The van der Waals surface area contributed by atoms with Crippen LogP contribution in [0.5, 0.6) is 0 Å². The molecule has 0 aromatic rings. The van der Waals surface area contributed by atoms with Gasteiger partial charge in [0.2, 0.25) is 10.0 Å². The van der Waals surface area contributed by atoms with Crippen LogP contribution >= 0.6 is 0 Å². The van der Waals surface area contributed by atoms with Crippen LogP contribution in [-0.2, 0) is 10.0 Å². The summed E-state index contributed by atoms with van der Waals surface area (Å²) in [5.74, 6) is 0.254. The number of unbranched alkanes of at least 4 members (excludes halogenated alkanes) is 1. The van der Waals surface area contributed by atoms with Gasteiger partial charge in [0, 0.05) is 13.1 Å². The lowest BCUT2D eigenvalue weighted by atomic mass is 9.94. The summed E-state index contributed by atoms with van der Waals surface area (Å²) in [6, 6.07) is 0. The number of sulfonamides is 1. The van der Waals surface area contributed by atoms with E-state index in [0.717, 1.165) is 19.3 Å². The van der Waals surface area contributed by atoms with Crippen LogP contribution in [0.25, 0.3) is 0 Å². The average Bonchev–Trinajstić information content (AvgIpc) is 2.26. The van der Waals surface area contributed by atoms with Crippen molar-refractivity contribution in [2.75, 3.05) is 25.4 Å². The fourth-order valence-corrected chi connectivity index (χ4v) is 3.48. The van der Waals surface area contributed by atoms with Crippen molar-refractivity contribution in [1.29, 1.82) is 0 Å². The maximum Gasteiger partial charge on any atom is 0.214 e. The van der Waals surface area contributed by atoms with E-state index in [4.69, 9.17) is 5.73 Å². The third kappa shape index (κ3) is 6.38. The van der Waals surface area contributed by atoms with Crippen molar-refractivity contribution in [3.05, 3.63) is 0 Å². The minimum atomic E-state index is -3.11. The second kappa shape index (κ2) is 7.34. The highest BCUT2D eigenvalue weighted by molar-refractivity contribution is 7.89. The highest BCUT2D eigenvalue weighted by atomic mass is 32.2. The summed E-state index contributed by atoms with van der Waals surface area (Å²) < 4.78 is 25.9. The van der Waals surface area contributed by atoms with E-state index in [2.05, 4.69) is 0 Å². The standard InChI is InChI=1S/C12H28N2O2S/c1-5-7-9-17(15,16)14(8-6-2)11-12(3,4)10-13/h5-11,13H2,1-4H3. The van der Waals surface area contributed by atoms with Crippen LogP contribution in [0.3, 0.4) is 0 Å². The van der Waals surface area contributed by atoms with Gasteiger partial charge < -0.3 is 5.73 Å². The second-order valence-electron chi connectivity index (χ2n) is 5.37. The van der Waals surface area contributed by atoms with Crippen LogP contribution in [0, 0.1) is 5.41 Å². The van der Waals surface area contributed by atoms with Crippen LogP contribution in [0.1, 0.15) is 47.0 Å². The molecule has 0 aliphatic carbocycles. The Morgan fingerprint density at radius 2 is 1.76 bits per heavy atom. The molecule has 0 fully saturated rings. The minimum absolute atomic E-state index is 0.158. The average molecular weight is 264 g/mol. The van der Waals surface area contributed by atoms with Crippen molar-refractivity contribution < 1.29 is 8.42 Å². The SMILES string of the molecule is CCCCS(=O)(=O)N(CCC)CC(C)(C)CN. The lowest BCUT2D eigenvalue weighted by molar-refractivity contribution is 0.266. The maximum absolute atomic E-state index is 12.2. The Hall–Kier alpha value is -0.130.